The SMILES string of the molecule is O=C(Cc1[nH]nc2cc(Br)ccc12)Oc1ccccc1. The van der Waals surface area contributed by atoms with Crippen LogP contribution in [-0.4, -0.2) is 16.2 Å². The Morgan fingerprint density at radius 1 is 1.20 bits per heavy atom. The number of carbonyl (C=O) groups is 1. The highest BCUT2D eigenvalue weighted by atomic mass is 79.9. The molecule has 0 bridgehead atoms. The van der Waals surface area contributed by atoms with Gasteiger partial charge in [-0.2, -0.15) is 5.10 Å². The van der Waals surface area contributed by atoms with E-state index in [1.807, 2.05) is 36.4 Å². The number of hydrogen-bond donors (Lipinski definition) is 1. The molecule has 4 nitrogen and oxygen atoms in total. The molecule has 0 saturated heterocycles. The summed E-state index contributed by atoms with van der Waals surface area (Å²) in [6.07, 6.45) is 0.160. The minimum Gasteiger partial charge on any atom is -0.426 e. The lowest BCUT2D eigenvalue weighted by Gasteiger charge is -2.03. The monoisotopic (exact) mass is 330 g/mol. The van der Waals surface area contributed by atoms with Gasteiger partial charge < -0.3 is 4.74 Å². The number of nitrogens with zero attached hydrogens (tertiary/aromatic N) is 1. The van der Waals surface area contributed by atoms with E-state index < -0.39 is 0 Å². The van der Waals surface area contributed by atoms with Gasteiger partial charge in [-0.3, -0.25) is 9.89 Å². The van der Waals surface area contributed by atoms with Gasteiger partial charge in [0.1, 0.15) is 5.75 Å². The maximum Gasteiger partial charge on any atom is 0.317 e. The number of fused-ring (bicyclic) bond motifs is 1. The lowest BCUT2D eigenvalue weighted by Crippen LogP contribution is -2.11. The number of H-pyrrole nitrogens is 1. The summed E-state index contributed by atoms with van der Waals surface area (Å²) in [5.74, 6) is 0.230. The first-order valence-corrected chi connectivity index (χ1v) is 6.90. The number of carbonyl (C=O) groups excluding carboxylic acids is 1. The molecule has 20 heavy (non-hydrogen) atoms. The fraction of sp³-hybridized carbons (Fsp3) is 0.0667. The normalized spacial score (nSPS) is 10.7. The van der Waals surface area contributed by atoms with Gasteiger partial charge in [-0.25, -0.2) is 0 Å². The molecule has 0 atom stereocenters. The highest BCUT2D eigenvalue weighted by Gasteiger charge is 2.12. The van der Waals surface area contributed by atoms with Gasteiger partial charge in [0.05, 0.1) is 17.6 Å². The van der Waals surface area contributed by atoms with Crippen LogP contribution in [0.2, 0.25) is 0 Å². The smallest absolute Gasteiger partial charge is 0.317 e. The fourth-order valence-electron chi connectivity index (χ4n) is 1.98. The number of ether oxygens (including phenoxy) is 1. The Balaban J connectivity index is 1.78. The van der Waals surface area contributed by atoms with Crippen molar-refractivity contribution < 1.29 is 9.53 Å². The zero-order valence-electron chi connectivity index (χ0n) is 10.5. The van der Waals surface area contributed by atoms with E-state index in [-0.39, 0.29) is 12.4 Å². The second kappa shape index (κ2) is 5.46. The number of esters is 1. The number of para-hydroxylation sites is 1. The summed E-state index contributed by atoms with van der Waals surface area (Å²) < 4.78 is 6.22. The van der Waals surface area contributed by atoms with Crippen molar-refractivity contribution >= 4 is 32.8 Å². The van der Waals surface area contributed by atoms with E-state index in [4.69, 9.17) is 4.74 Å². The Kier molecular flexibility index (Phi) is 3.52. The van der Waals surface area contributed by atoms with Crippen molar-refractivity contribution in [3.05, 3.63) is 58.7 Å². The quantitative estimate of drug-likeness (QED) is 0.591. The number of nitrogens with one attached hydrogen (secondary N) is 1. The van der Waals surface area contributed by atoms with E-state index in [2.05, 4.69) is 26.1 Å². The van der Waals surface area contributed by atoms with Crippen LogP contribution in [0.25, 0.3) is 10.9 Å². The predicted molar refractivity (Wildman–Crippen MR) is 79.6 cm³/mol. The largest absolute Gasteiger partial charge is 0.426 e. The fourth-order valence-corrected chi connectivity index (χ4v) is 2.32. The van der Waals surface area contributed by atoms with Crippen molar-refractivity contribution in [3.8, 4) is 5.75 Å². The van der Waals surface area contributed by atoms with Crippen LogP contribution in [0.4, 0.5) is 0 Å². The van der Waals surface area contributed by atoms with E-state index >= 15 is 0 Å². The number of aromatic amines is 1. The third kappa shape index (κ3) is 2.72. The van der Waals surface area contributed by atoms with Crippen molar-refractivity contribution in [2.45, 2.75) is 6.42 Å². The predicted octanol–water partition coefficient (Wildman–Crippen LogP) is 3.47. The van der Waals surface area contributed by atoms with E-state index in [1.54, 1.807) is 12.1 Å². The van der Waals surface area contributed by atoms with E-state index in [0.29, 0.717) is 5.75 Å². The summed E-state index contributed by atoms with van der Waals surface area (Å²) in [4.78, 5) is 11.9. The van der Waals surface area contributed by atoms with E-state index in [0.717, 1.165) is 21.1 Å². The van der Waals surface area contributed by atoms with Gasteiger partial charge in [0.15, 0.2) is 0 Å². The van der Waals surface area contributed by atoms with Gasteiger partial charge in [0, 0.05) is 9.86 Å². The summed E-state index contributed by atoms with van der Waals surface area (Å²) in [6, 6.07) is 14.8. The molecule has 0 fully saturated rings. The highest BCUT2D eigenvalue weighted by molar-refractivity contribution is 9.10. The Bertz CT molecular complexity index is 753. The van der Waals surface area contributed by atoms with Crippen LogP contribution in [0.15, 0.2) is 53.0 Å². The molecule has 3 aromatic rings. The third-order valence-electron chi connectivity index (χ3n) is 2.89. The first-order chi connectivity index (χ1) is 9.72. The topological polar surface area (TPSA) is 55.0 Å². The van der Waals surface area contributed by atoms with Gasteiger partial charge in [0.2, 0.25) is 0 Å². The minimum absolute atomic E-state index is 0.160. The summed E-state index contributed by atoms with van der Waals surface area (Å²) in [6.45, 7) is 0. The van der Waals surface area contributed by atoms with E-state index in [9.17, 15) is 4.79 Å². The standard InChI is InChI=1S/C15H11BrN2O2/c16-10-6-7-12-13(8-10)17-18-14(12)9-15(19)20-11-4-2-1-3-5-11/h1-8H,9H2,(H,17,18). The Morgan fingerprint density at radius 2 is 2.00 bits per heavy atom. The molecule has 0 radical (unpaired) electrons. The molecule has 1 N–H and O–H groups in total. The zero-order chi connectivity index (χ0) is 13.9. The number of rotatable bonds is 3. The lowest BCUT2D eigenvalue weighted by molar-refractivity contribution is -0.133. The maximum absolute atomic E-state index is 11.9. The molecule has 2 aromatic carbocycles. The minimum atomic E-state index is -0.315. The molecule has 0 spiro atoms. The zero-order valence-corrected chi connectivity index (χ0v) is 12.1. The second-order valence-electron chi connectivity index (χ2n) is 4.33. The molecular formula is C15H11BrN2O2. The maximum atomic E-state index is 11.9. The second-order valence-corrected chi connectivity index (χ2v) is 5.24. The molecular weight excluding hydrogens is 320 g/mol. The Labute approximate surface area is 123 Å². The van der Waals surface area contributed by atoms with Crippen LogP contribution >= 0.6 is 15.9 Å². The van der Waals surface area contributed by atoms with Crippen LogP contribution in [0, 0.1) is 0 Å². The molecule has 0 aliphatic rings. The van der Waals surface area contributed by atoms with Gasteiger partial charge in [-0.15, -0.1) is 0 Å². The van der Waals surface area contributed by atoms with Crippen LogP contribution in [-0.2, 0) is 11.2 Å². The molecule has 0 amide bonds. The average molecular weight is 331 g/mol. The summed E-state index contributed by atoms with van der Waals surface area (Å²) >= 11 is 3.39. The van der Waals surface area contributed by atoms with Gasteiger partial charge in [-0.05, 0) is 30.3 Å². The van der Waals surface area contributed by atoms with Crippen LogP contribution < -0.4 is 4.74 Å². The van der Waals surface area contributed by atoms with E-state index in [1.165, 1.54) is 0 Å². The Hall–Kier alpha value is -2.14. The Morgan fingerprint density at radius 3 is 2.80 bits per heavy atom. The van der Waals surface area contributed by atoms with Crippen LogP contribution in [0.5, 0.6) is 5.75 Å². The van der Waals surface area contributed by atoms with Crippen molar-refractivity contribution in [1.82, 2.24) is 10.2 Å². The first-order valence-electron chi connectivity index (χ1n) is 6.10. The lowest BCUT2D eigenvalue weighted by atomic mass is 10.2. The number of benzene rings is 2. The summed E-state index contributed by atoms with van der Waals surface area (Å²) in [5, 5.41) is 7.99. The van der Waals surface area contributed by atoms with Crippen molar-refractivity contribution in [2.24, 2.45) is 0 Å². The molecule has 5 heteroatoms. The number of aromatic nitrogens is 2. The van der Waals surface area contributed by atoms with Crippen LogP contribution in [0.1, 0.15) is 5.69 Å². The van der Waals surface area contributed by atoms with Crippen molar-refractivity contribution in [2.75, 3.05) is 0 Å². The highest BCUT2D eigenvalue weighted by Crippen LogP contribution is 2.21. The number of halogens is 1. The molecule has 1 heterocycles. The molecule has 0 aliphatic carbocycles. The van der Waals surface area contributed by atoms with Gasteiger partial charge in [-0.1, -0.05) is 34.1 Å². The summed E-state index contributed by atoms with van der Waals surface area (Å²) in [5.41, 5.74) is 1.58. The van der Waals surface area contributed by atoms with Gasteiger partial charge >= 0.3 is 5.97 Å². The third-order valence-corrected chi connectivity index (χ3v) is 3.39. The molecule has 100 valence electrons. The first kappa shape index (κ1) is 12.9. The van der Waals surface area contributed by atoms with Gasteiger partial charge in [0.25, 0.3) is 0 Å². The average Bonchev–Trinajstić information content (AvgIpc) is 2.82. The van der Waals surface area contributed by atoms with Crippen molar-refractivity contribution in [1.29, 1.82) is 0 Å². The van der Waals surface area contributed by atoms with Crippen molar-refractivity contribution in [3.63, 3.8) is 0 Å². The number of hydrogen-bond acceptors (Lipinski definition) is 3. The summed E-state index contributed by atoms with van der Waals surface area (Å²) in [7, 11) is 0. The molecule has 0 saturated carbocycles. The molecule has 0 unspecified atom stereocenters. The van der Waals surface area contributed by atoms with Crippen LogP contribution in [0.3, 0.4) is 0 Å². The molecule has 0 aliphatic heterocycles. The molecule has 3 rings (SSSR count). The molecule has 1 aromatic heterocycles.